The van der Waals surface area contributed by atoms with Crippen LogP contribution in [0.4, 0.5) is 0 Å². The summed E-state index contributed by atoms with van der Waals surface area (Å²) in [6.07, 6.45) is 2.59. The molecule has 1 aromatic carbocycles. The van der Waals surface area contributed by atoms with Gasteiger partial charge in [0.25, 0.3) is 0 Å². The molecular weight excluding hydrogens is 188 g/mol. The Labute approximate surface area is 91.2 Å². The van der Waals surface area contributed by atoms with Gasteiger partial charge in [-0.15, -0.1) is 0 Å². The first-order valence-electron chi connectivity index (χ1n) is 5.57. The van der Waals surface area contributed by atoms with Gasteiger partial charge in [-0.3, -0.25) is 0 Å². The molecule has 1 aromatic rings. The number of aryl methyl sites for hydroxylation is 2. The van der Waals surface area contributed by atoms with Crippen LogP contribution >= 0.6 is 0 Å². The van der Waals surface area contributed by atoms with Gasteiger partial charge in [-0.2, -0.15) is 0 Å². The first-order chi connectivity index (χ1) is 7.24. The van der Waals surface area contributed by atoms with Crippen molar-refractivity contribution >= 4 is 0 Å². The van der Waals surface area contributed by atoms with E-state index in [9.17, 15) is 0 Å². The molecule has 0 amide bonds. The van der Waals surface area contributed by atoms with E-state index in [1.165, 1.54) is 17.5 Å². The Hall–Kier alpha value is -1.02. The van der Waals surface area contributed by atoms with E-state index in [1.54, 1.807) is 0 Å². The summed E-state index contributed by atoms with van der Waals surface area (Å²) in [6, 6.07) is 6.29. The van der Waals surface area contributed by atoms with Crippen LogP contribution in [0.2, 0.25) is 0 Å². The third kappa shape index (κ3) is 2.96. The fourth-order valence-corrected chi connectivity index (χ4v) is 1.98. The molecule has 15 heavy (non-hydrogen) atoms. The highest BCUT2D eigenvalue weighted by atomic mass is 16.5. The lowest BCUT2D eigenvalue weighted by molar-refractivity contribution is 0.0679. The van der Waals surface area contributed by atoms with Crippen LogP contribution in [-0.2, 0) is 4.74 Å². The van der Waals surface area contributed by atoms with Gasteiger partial charge in [0.1, 0.15) is 12.4 Å². The van der Waals surface area contributed by atoms with Crippen LogP contribution in [0, 0.1) is 13.8 Å². The summed E-state index contributed by atoms with van der Waals surface area (Å²) in [6.45, 7) is 5.75. The topological polar surface area (TPSA) is 18.5 Å². The molecule has 1 heterocycles. The molecule has 0 aromatic heterocycles. The maximum Gasteiger partial charge on any atom is 0.119 e. The summed E-state index contributed by atoms with van der Waals surface area (Å²) in [5.74, 6) is 0.961. The Kier molecular flexibility index (Phi) is 3.27. The lowest BCUT2D eigenvalue weighted by atomic mass is 10.1. The van der Waals surface area contributed by atoms with E-state index >= 15 is 0 Å². The SMILES string of the molecule is Cc1cc(C)cc(OC[C@@H]2CCCO2)c1. The average molecular weight is 206 g/mol. The van der Waals surface area contributed by atoms with E-state index in [2.05, 4.69) is 32.0 Å². The Morgan fingerprint density at radius 3 is 2.60 bits per heavy atom. The minimum absolute atomic E-state index is 0.297. The molecular formula is C13H18O2. The second-order valence-corrected chi connectivity index (χ2v) is 4.27. The fourth-order valence-electron chi connectivity index (χ4n) is 1.98. The van der Waals surface area contributed by atoms with Gasteiger partial charge in [0.05, 0.1) is 6.10 Å². The van der Waals surface area contributed by atoms with Crippen molar-refractivity contribution in [3.63, 3.8) is 0 Å². The quantitative estimate of drug-likeness (QED) is 0.757. The number of hydrogen-bond donors (Lipinski definition) is 0. The van der Waals surface area contributed by atoms with Gasteiger partial charge in [0.2, 0.25) is 0 Å². The lowest BCUT2D eigenvalue weighted by Gasteiger charge is -2.12. The zero-order valence-corrected chi connectivity index (χ0v) is 9.45. The van der Waals surface area contributed by atoms with Gasteiger partial charge in [-0.25, -0.2) is 0 Å². The first-order valence-corrected chi connectivity index (χ1v) is 5.57. The van der Waals surface area contributed by atoms with Crippen molar-refractivity contribution in [2.45, 2.75) is 32.8 Å². The molecule has 1 saturated heterocycles. The molecule has 0 unspecified atom stereocenters. The maximum atomic E-state index is 5.73. The zero-order valence-electron chi connectivity index (χ0n) is 9.45. The average Bonchev–Trinajstić information content (AvgIpc) is 2.65. The monoisotopic (exact) mass is 206 g/mol. The molecule has 1 aliphatic rings. The Bertz CT molecular complexity index is 307. The highest BCUT2D eigenvalue weighted by Crippen LogP contribution is 2.18. The van der Waals surface area contributed by atoms with E-state index in [0.29, 0.717) is 12.7 Å². The van der Waals surface area contributed by atoms with Gasteiger partial charge in [-0.05, 0) is 49.9 Å². The summed E-state index contributed by atoms with van der Waals surface area (Å²) in [5, 5.41) is 0. The summed E-state index contributed by atoms with van der Waals surface area (Å²) < 4.78 is 11.2. The molecule has 1 aliphatic heterocycles. The van der Waals surface area contributed by atoms with Crippen LogP contribution in [0.1, 0.15) is 24.0 Å². The minimum Gasteiger partial charge on any atom is -0.491 e. The number of rotatable bonds is 3. The Morgan fingerprint density at radius 2 is 2.00 bits per heavy atom. The first kappa shape index (κ1) is 10.5. The second kappa shape index (κ2) is 4.67. The van der Waals surface area contributed by atoms with Crippen molar-refractivity contribution in [1.82, 2.24) is 0 Å². The van der Waals surface area contributed by atoms with Crippen molar-refractivity contribution in [1.29, 1.82) is 0 Å². The third-order valence-electron chi connectivity index (χ3n) is 2.66. The molecule has 1 fully saturated rings. The normalized spacial score (nSPS) is 20.5. The van der Waals surface area contributed by atoms with E-state index in [-0.39, 0.29) is 0 Å². The van der Waals surface area contributed by atoms with Crippen LogP contribution in [0.15, 0.2) is 18.2 Å². The molecule has 2 heteroatoms. The van der Waals surface area contributed by atoms with Gasteiger partial charge >= 0.3 is 0 Å². The summed E-state index contributed by atoms with van der Waals surface area (Å²) in [5.41, 5.74) is 2.50. The summed E-state index contributed by atoms with van der Waals surface area (Å²) in [4.78, 5) is 0. The van der Waals surface area contributed by atoms with Crippen molar-refractivity contribution in [2.24, 2.45) is 0 Å². The van der Waals surface area contributed by atoms with Crippen LogP contribution in [0.3, 0.4) is 0 Å². The fraction of sp³-hybridized carbons (Fsp3) is 0.538. The molecule has 0 spiro atoms. The second-order valence-electron chi connectivity index (χ2n) is 4.27. The molecule has 0 aliphatic carbocycles. The molecule has 0 bridgehead atoms. The standard InChI is InChI=1S/C13H18O2/c1-10-6-11(2)8-13(7-10)15-9-12-4-3-5-14-12/h6-8,12H,3-5,9H2,1-2H3/t12-/m0/s1. The van der Waals surface area contributed by atoms with Crippen molar-refractivity contribution in [3.05, 3.63) is 29.3 Å². The van der Waals surface area contributed by atoms with Crippen molar-refractivity contribution < 1.29 is 9.47 Å². The number of ether oxygens (including phenoxy) is 2. The van der Waals surface area contributed by atoms with Crippen LogP contribution < -0.4 is 4.74 Å². The molecule has 0 saturated carbocycles. The summed E-state index contributed by atoms with van der Waals surface area (Å²) in [7, 11) is 0. The molecule has 1 atom stereocenters. The summed E-state index contributed by atoms with van der Waals surface area (Å²) >= 11 is 0. The van der Waals surface area contributed by atoms with Gasteiger partial charge in [0.15, 0.2) is 0 Å². The van der Waals surface area contributed by atoms with Crippen LogP contribution in [-0.4, -0.2) is 19.3 Å². The number of hydrogen-bond acceptors (Lipinski definition) is 2. The van der Waals surface area contributed by atoms with Crippen LogP contribution in [0.5, 0.6) is 5.75 Å². The van der Waals surface area contributed by atoms with Crippen molar-refractivity contribution in [3.8, 4) is 5.75 Å². The maximum absolute atomic E-state index is 5.73. The van der Waals surface area contributed by atoms with E-state index in [0.717, 1.165) is 18.8 Å². The zero-order chi connectivity index (χ0) is 10.7. The van der Waals surface area contributed by atoms with Crippen LogP contribution in [0.25, 0.3) is 0 Å². The largest absolute Gasteiger partial charge is 0.491 e. The molecule has 2 nitrogen and oxygen atoms in total. The smallest absolute Gasteiger partial charge is 0.119 e. The van der Waals surface area contributed by atoms with Gasteiger partial charge < -0.3 is 9.47 Å². The molecule has 0 N–H and O–H groups in total. The number of benzene rings is 1. The van der Waals surface area contributed by atoms with E-state index in [4.69, 9.17) is 9.47 Å². The highest BCUT2D eigenvalue weighted by molar-refractivity contribution is 5.32. The van der Waals surface area contributed by atoms with E-state index in [1.807, 2.05) is 0 Å². The molecule has 0 radical (unpaired) electrons. The van der Waals surface area contributed by atoms with Crippen molar-refractivity contribution in [2.75, 3.05) is 13.2 Å². The molecule has 2 rings (SSSR count). The predicted octanol–water partition coefficient (Wildman–Crippen LogP) is 2.86. The predicted molar refractivity (Wildman–Crippen MR) is 60.4 cm³/mol. The van der Waals surface area contributed by atoms with Gasteiger partial charge in [0, 0.05) is 6.61 Å². The molecule has 82 valence electrons. The Morgan fingerprint density at radius 1 is 1.27 bits per heavy atom. The Balaban J connectivity index is 1.92. The third-order valence-corrected chi connectivity index (χ3v) is 2.66. The highest BCUT2D eigenvalue weighted by Gasteiger charge is 2.15. The van der Waals surface area contributed by atoms with Gasteiger partial charge in [-0.1, -0.05) is 6.07 Å². The van der Waals surface area contributed by atoms with E-state index < -0.39 is 0 Å². The minimum atomic E-state index is 0.297. The lowest BCUT2D eigenvalue weighted by Crippen LogP contribution is -2.16.